The van der Waals surface area contributed by atoms with Gasteiger partial charge in [0, 0.05) is 5.92 Å². The Morgan fingerprint density at radius 1 is 1.71 bits per heavy atom. The molecule has 1 aromatic rings. The number of nitrogens with two attached hydrogens (primary N) is 1. The summed E-state index contributed by atoms with van der Waals surface area (Å²) in [6.07, 6.45) is 0. The molecule has 76 valence electrons. The fourth-order valence-electron chi connectivity index (χ4n) is 1.39. The highest BCUT2D eigenvalue weighted by atomic mass is 16.5. The van der Waals surface area contributed by atoms with Crippen molar-refractivity contribution in [3.63, 3.8) is 0 Å². The lowest BCUT2D eigenvalue weighted by atomic mass is 9.89. The van der Waals surface area contributed by atoms with Crippen LogP contribution in [0.25, 0.3) is 0 Å². The van der Waals surface area contributed by atoms with Crippen LogP contribution < -0.4 is 11.1 Å². The van der Waals surface area contributed by atoms with Crippen molar-refractivity contribution in [1.82, 2.24) is 15.5 Å². The van der Waals surface area contributed by atoms with Crippen molar-refractivity contribution < 1.29 is 9.32 Å². The number of rotatable bonds is 3. The van der Waals surface area contributed by atoms with Crippen LogP contribution in [0.15, 0.2) is 4.52 Å². The number of nitrogens with one attached hydrogen (secondary N) is 1. The van der Waals surface area contributed by atoms with Crippen molar-refractivity contribution in [2.24, 2.45) is 11.7 Å². The molecule has 6 heteroatoms. The van der Waals surface area contributed by atoms with Gasteiger partial charge in [0.2, 0.25) is 5.89 Å². The summed E-state index contributed by atoms with van der Waals surface area (Å²) in [7, 11) is 0. The number of amides is 1. The minimum atomic E-state index is -0.654. The molecule has 1 saturated heterocycles. The molecule has 0 aromatic carbocycles. The maximum absolute atomic E-state index is 10.7. The maximum Gasteiger partial charge on any atom is 0.290 e. The van der Waals surface area contributed by atoms with Gasteiger partial charge in [-0.1, -0.05) is 12.1 Å². The predicted molar refractivity (Wildman–Crippen MR) is 47.6 cm³/mol. The summed E-state index contributed by atoms with van der Waals surface area (Å²) >= 11 is 0. The van der Waals surface area contributed by atoms with E-state index >= 15 is 0 Å². The first-order chi connectivity index (χ1) is 6.68. The number of aromatic nitrogens is 2. The van der Waals surface area contributed by atoms with Gasteiger partial charge in [0.15, 0.2) is 0 Å². The largest absolute Gasteiger partial charge is 0.363 e. The summed E-state index contributed by atoms with van der Waals surface area (Å²) in [5.41, 5.74) is 5.01. The minimum absolute atomic E-state index is 0.0425. The van der Waals surface area contributed by atoms with Gasteiger partial charge in [-0.15, -0.1) is 0 Å². The van der Waals surface area contributed by atoms with Crippen molar-refractivity contribution in [2.75, 3.05) is 13.1 Å². The van der Waals surface area contributed by atoms with Gasteiger partial charge in [-0.2, -0.15) is 4.98 Å². The summed E-state index contributed by atoms with van der Waals surface area (Å²) in [6.45, 7) is 3.91. The van der Waals surface area contributed by atoms with Gasteiger partial charge >= 0.3 is 0 Å². The summed E-state index contributed by atoms with van der Waals surface area (Å²) < 4.78 is 4.95. The number of hydrogen-bond donors (Lipinski definition) is 2. The van der Waals surface area contributed by atoms with E-state index in [0.717, 1.165) is 13.1 Å². The lowest BCUT2D eigenvalue weighted by Crippen LogP contribution is -2.44. The molecule has 0 spiro atoms. The SMILES string of the molecule is CC(c1nc(C(N)=O)no1)C1CNC1. The van der Waals surface area contributed by atoms with Gasteiger partial charge < -0.3 is 15.6 Å². The summed E-state index contributed by atoms with van der Waals surface area (Å²) in [4.78, 5) is 14.6. The van der Waals surface area contributed by atoms with Gasteiger partial charge in [-0.3, -0.25) is 4.79 Å². The van der Waals surface area contributed by atoms with Crippen molar-refractivity contribution >= 4 is 5.91 Å². The lowest BCUT2D eigenvalue weighted by molar-refractivity contribution is 0.0987. The number of primary amides is 1. The standard InChI is InChI=1S/C8H12N4O2/c1-4(5-2-10-3-5)8-11-7(6(9)13)12-14-8/h4-5,10H,2-3H2,1H3,(H2,9,13). The first-order valence-electron chi connectivity index (χ1n) is 4.52. The molecule has 3 N–H and O–H groups in total. The van der Waals surface area contributed by atoms with Crippen LogP contribution in [-0.2, 0) is 0 Å². The smallest absolute Gasteiger partial charge is 0.290 e. The Morgan fingerprint density at radius 3 is 2.86 bits per heavy atom. The molecule has 2 heterocycles. The van der Waals surface area contributed by atoms with E-state index in [0.29, 0.717) is 11.8 Å². The maximum atomic E-state index is 10.7. The molecule has 0 saturated carbocycles. The second kappa shape index (κ2) is 3.38. The summed E-state index contributed by atoms with van der Waals surface area (Å²) in [5.74, 6) is 0.483. The average molecular weight is 196 g/mol. The second-order valence-corrected chi connectivity index (χ2v) is 3.53. The number of nitrogens with zero attached hydrogens (tertiary/aromatic N) is 2. The second-order valence-electron chi connectivity index (χ2n) is 3.53. The normalized spacial score (nSPS) is 18.9. The van der Waals surface area contributed by atoms with E-state index in [1.807, 2.05) is 6.92 Å². The third-order valence-electron chi connectivity index (χ3n) is 2.57. The van der Waals surface area contributed by atoms with Gasteiger partial charge in [0.05, 0.1) is 0 Å². The van der Waals surface area contributed by atoms with Crippen molar-refractivity contribution in [3.8, 4) is 0 Å². The Labute approximate surface area is 80.9 Å². The molecule has 1 amide bonds. The number of carbonyl (C=O) groups is 1. The fraction of sp³-hybridized carbons (Fsp3) is 0.625. The molecule has 2 rings (SSSR count). The Kier molecular flexibility index (Phi) is 2.20. The van der Waals surface area contributed by atoms with E-state index in [9.17, 15) is 4.79 Å². The van der Waals surface area contributed by atoms with Crippen LogP contribution in [0.2, 0.25) is 0 Å². The van der Waals surface area contributed by atoms with Crippen LogP contribution in [0.3, 0.4) is 0 Å². The van der Waals surface area contributed by atoms with Crippen LogP contribution in [0, 0.1) is 5.92 Å². The monoisotopic (exact) mass is 196 g/mol. The Bertz CT molecular complexity index is 345. The fourth-order valence-corrected chi connectivity index (χ4v) is 1.39. The molecule has 0 radical (unpaired) electrons. The highest BCUT2D eigenvalue weighted by Gasteiger charge is 2.29. The first kappa shape index (κ1) is 9.14. The number of carbonyl (C=O) groups excluding carboxylic acids is 1. The molecular formula is C8H12N4O2. The molecule has 1 aliphatic heterocycles. The molecule has 6 nitrogen and oxygen atoms in total. The van der Waals surface area contributed by atoms with E-state index in [1.165, 1.54) is 0 Å². The van der Waals surface area contributed by atoms with Crippen molar-refractivity contribution in [1.29, 1.82) is 0 Å². The quantitative estimate of drug-likeness (QED) is 0.679. The van der Waals surface area contributed by atoms with E-state index in [1.54, 1.807) is 0 Å². The third-order valence-corrected chi connectivity index (χ3v) is 2.57. The van der Waals surface area contributed by atoms with Crippen LogP contribution >= 0.6 is 0 Å². The molecule has 1 atom stereocenters. The zero-order chi connectivity index (χ0) is 10.1. The molecule has 0 bridgehead atoms. The van der Waals surface area contributed by atoms with Crippen LogP contribution in [0.5, 0.6) is 0 Å². The van der Waals surface area contributed by atoms with E-state index in [-0.39, 0.29) is 11.7 Å². The van der Waals surface area contributed by atoms with Gasteiger partial charge in [0.1, 0.15) is 0 Å². The topological polar surface area (TPSA) is 94.0 Å². The Hall–Kier alpha value is -1.43. The molecule has 1 fully saturated rings. The van der Waals surface area contributed by atoms with Crippen molar-refractivity contribution in [3.05, 3.63) is 11.7 Å². The zero-order valence-electron chi connectivity index (χ0n) is 7.86. The number of hydrogen-bond acceptors (Lipinski definition) is 5. The van der Waals surface area contributed by atoms with Gasteiger partial charge in [-0.05, 0) is 19.0 Å². The van der Waals surface area contributed by atoms with Gasteiger partial charge in [0.25, 0.3) is 11.7 Å². The minimum Gasteiger partial charge on any atom is -0.363 e. The molecule has 1 aliphatic rings. The van der Waals surface area contributed by atoms with Crippen LogP contribution in [0.1, 0.15) is 29.4 Å². The average Bonchev–Trinajstić information content (AvgIpc) is 2.48. The Morgan fingerprint density at radius 2 is 2.43 bits per heavy atom. The van der Waals surface area contributed by atoms with Crippen LogP contribution in [-0.4, -0.2) is 29.1 Å². The predicted octanol–water partition coefficient (Wildman–Crippen LogP) is -0.509. The zero-order valence-corrected chi connectivity index (χ0v) is 7.86. The van der Waals surface area contributed by atoms with Crippen LogP contribution in [0.4, 0.5) is 0 Å². The van der Waals surface area contributed by atoms with E-state index < -0.39 is 5.91 Å². The molecule has 1 aromatic heterocycles. The summed E-state index contributed by atoms with van der Waals surface area (Å²) in [6, 6.07) is 0. The van der Waals surface area contributed by atoms with Gasteiger partial charge in [-0.25, -0.2) is 0 Å². The molecular weight excluding hydrogens is 184 g/mol. The van der Waals surface area contributed by atoms with E-state index in [2.05, 4.69) is 15.5 Å². The van der Waals surface area contributed by atoms with Crippen molar-refractivity contribution in [2.45, 2.75) is 12.8 Å². The highest BCUT2D eigenvalue weighted by molar-refractivity contribution is 5.88. The highest BCUT2D eigenvalue weighted by Crippen LogP contribution is 2.25. The Balaban J connectivity index is 2.11. The third kappa shape index (κ3) is 1.48. The molecule has 0 aliphatic carbocycles. The molecule has 14 heavy (non-hydrogen) atoms. The first-order valence-corrected chi connectivity index (χ1v) is 4.52. The summed E-state index contributed by atoms with van der Waals surface area (Å²) in [5, 5.41) is 6.66. The lowest BCUT2D eigenvalue weighted by Gasteiger charge is -2.30. The van der Waals surface area contributed by atoms with E-state index in [4.69, 9.17) is 10.3 Å². The molecule has 1 unspecified atom stereocenters.